The number of Topliss-reactive ketones (excluding diaryl/α,β-unsaturated/α-hetero) is 1. The average molecular weight is 129 g/mol. The van der Waals surface area contributed by atoms with E-state index in [-0.39, 0.29) is 6.04 Å². The van der Waals surface area contributed by atoms with E-state index >= 15 is 0 Å². The zero-order valence-corrected chi connectivity index (χ0v) is 5.89. The lowest BCUT2D eigenvalue weighted by Crippen LogP contribution is -2.34. The lowest BCUT2D eigenvalue weighted by molar-refractivity contribution is -0.137. The van der Waals surface area contributed by atoms with E-state index < -0.39 is 11.7 Å². The standard InChI is InChI=1S/C6H11NO2/c1-4(2)7-6(9)5(3)8/h4H,1-3H3,(H,7,9). The molecule has 0 heterocycles. The molecule has 0 aromatic heterocycles. The van der Waals surface area contributed by atoms with Crippen molar-refractivity contribution in [2.24, 2.45) is 0 Å². The summed E-state index contributed by atoms with van der Waals surface area (Å²) in [5.74, 6) is -0.950. The maximum absolute atomic E-state index is 10.5. The van der Waals surface area contributed by atoms with Crippen molar-refractivity contribution in [3.05, 3.63) is 0 Å². The third-order valence-corrected chi connectivity index (χ3v) is 0.740. The molecule has 0 unspecified atom stereocenters. The van der Waals surface area contributed by atoms with Gasteiger partial charge in [-0.15, -0.1) is 0 Å². The van der Waals surface area contributed by atoms with Gasteiger partial charge in [0.05, 0.1) is 0 Å². The molecule has 0 aromatic carbocycles. The van der Waals surface area contributed by atoms with Crippen molar-refractivity contribution in [2.75, 3.05) is 0 Å². The van der Waals surface area contributed by atoms with Crippen LogP contribution in [0.4, 0.5) is 0 Å². The highest BCUT2D eigenvalue weighted by molar-refractivity contribution is 6.35. The van der Waals surface area contributed by atoms with Crippen LogP contribution in [-0.4, -0.2) is 17.7 Å². The van der Waals surface area contributed by atoms with Crippen molar-refractivity contribution in [1.82, 2.24) is 5.32 Å². The second-order valence-electron chi connectivity index (χ2n) is 2.18. The Bertz CT molecular complexity index is 129. The monoisotopic (exact) mass is 129 g/mol. The Hall–Kier alpha value is -0.860. The van der Waals surface area contributed by atoms with Crippen molar-refractivity contribution < 1.29 is 9.59 Å². The topological polar surface area (TPSA) is 46.2 Å². The minimum Gasteiger partial charge on any atom is -0.347 e. The fourth-order valence-corrected chi connectivity index (χ4v) is 0.364. The highest BCUT2D eigenvalue weighted by Crippen LogP contribution is 1.76. The van der Waals surface area contributed by atoms with Crippen LogP contribution < -0.4 is 5.32 Å². The van der Waals surface area contributed by atoms with E-state index in [2.05, 4.69) is 5.32 Å². The number of ketones is 1. The summed E-state index contributed by atoms with van der Waals surface area (Å²) in [6, 6.07) is 0.0430. The summed E-state index contributed by atoms with van der Waals surface area (Å²) in [4.78, 5) is 20.8. The predicted octanol–water partition coefficient (Wildman–Crippen LogP) is 0.1000. The van der Waals surface area contributed by atoms with E-state index in [1.54, 1.807) is 13.8 Å². The molecule has 0 radical (unpaired) electrons. The van der Waals surface area contributed by atoms with E-state index in [1.165, 1.54) is 6.92 Å². The van der Waals surface area contributed by atoms with Gasteiger partial charge >= 0.3 is 0 Å². The summed E-state index contributed by atoms with van der Waals surface area (Å²) in [5, 5.41) is 2.45. The predicted molar refractivity (Wildman–Crippen MR) is 34.0 cm³/mol. The molecule has 9 heavy (non-hydrogen) atoms. The number of hydrogen-bond donors (Lipinski definition) is 1. The third-order valence-electron chi connectivity index (χ3n) is 0.740. The van der Waals surface area contributed by atoms with Crippen molar-refractivity contribution >= 4 is 11.7 Å². The fraction of sp³-hybridized carbons (Fsp3) is 0.667. The average Bonchev–Trinajstić information content (AvgIpc) is 1.63. The molecule has 0 saturated carbocycles. The molecule has 0 aromatic rings. The Kier molecular flexibility index (Phi) is 2.91. The van der Waals surface area contributed by atoms with Crippen LogP contribution >= 0.6 is 0 Å². The Labute approximate surface area is 54.4 Å². The first kappa shape index (κ1) is 8.14. The first-order valence-corrected chi connectivity index (χ1v) is 2.85. The Balaban J connectivity index is 3.65. The molecule has 1 amide bonds. The number of carbonyl (C=O) groups excluding carboxylic acids is 2. The Morgan fingerprint density at radius 3 is 1.89 bits per heavy atom. The minimum absolute atomic E-state index is 0.0430. The first-order chi connectivity index (χ1) is 4.04. The van der Waals surface area contributed by atoms with Crippen LogP contribution in [-0.2, 0) is 9.59 Å². The van der Waals surface area contributed by atoms with Gasteiger partial charge in [0.2, 0.25) is 5.78 Å². The molecular weight excluding hydrogens is 118 g/mol. The molecule has 52 valence electrons. The summed E-state index contributed by atoms with van der Waals surface area (Å²) < 4.78 is 0. The van der Waals surface area contributed by atoms with Crippen LogP contribution in [0.15, 0.2) is 0 Å². The SMILES string of the molecule is CC(=O)C(=O)NC(C)C. The van der Waals surface area contributed by atoms with E-state index in [4.69, 9.17) is 0 Å². The summed E-state index contributed by atoms with van der Waals surface area (Å²) in [5.41, 5.74) is 0. The zero-order valence-electron chi connectivity index (χ0n) is 5.89. The molecule has 0 aliphatic rings. The molecule has 1 N–H and O–H groups in total. The normalized spacial score (nSPS) is 9.33. The largest absolute Gasteiger partial charge is 0.347 e. The van der Waals surface area contributed by atoms with Gasteiger partial charge in [-0.3, -0.25) is 9.59 Å². The van der Waals surface area contributed by atoms with E-state index in [9.17, 15) is 9.59 Å². The van der Waals surface area contributed by atoms with E-state index in [0.29, 0.717) is 0 Å². The second kappa shape index (κ2) is 3.22. The lowest BCUT2D eigenvalue weighted by Gasteiger charge is -2.03. The molecule has 3 heteroatoms. The maximum atomic E-state index is 10.5. The minimum atomic E-state index is -0.509. The van der Waals surface area contributed by atoms with Crippen LogP contribution in [0.2, 0.25) is 0 Å². The van der Waals surface area contributed by atoms with Gasteiger partial charge < -0.3 is 5.32 Å². The van der Waals surface area contributed by atoms with E-state index in [1.807, 2.05) is 0 Å². The van der Waals surface area contributed by atoms with Crippen molar-refractivity contribution in [2.45, 2.75) is 26.8 Å². The smallest absolute Gasteiger partial charge is 0.287 e. The summed E-state index contributed by atoms with van der Waals surface area (Å²) >= 11 is 0. The van der Waals surface area contributed by atoms with Gasteiger partial charge in [0.1, 0.15) is 0 Å². The second-order valence-corrected chi connectivity index (χ2v) is 2.18. The van der Waals surface area contributed by atoms with Crippen LogP contribution in [0.25, 0.3) is 0 Å². The van der Waals surface area contributed by atoms with Gasteiger partial charge in [0.25, 0.3) is 5.91 Å². The van der Waals surface area contributed by atoms with E-state index in [0.717, 1.165) is 0 Å². The molecule has 0 saturated heterocycles. The van der Waals surface area contributed by atoms with Crippen LogP contribution in [0, 0.1) is 0 Å². The number of amides is 1. The molecule has 0 spiro atoms. The molecule has 0 fully saturated rings. The Morgan fingerprint density at radius 2 is 1.78 bits per heavy atom. The maximum Gasteiger partial charge on any atom is 0.287 e. The highest BCUT2D eigenvalue weighted by atomic mass is 16.2. The lowest BCUT2D eigenvalue weighted by atomic mass is 10.3. The van der Waals surface area contributed by atoms with Gasteiger partial charge in [-0.05, 0) is 13.8 Å². The Morgan fingerprint density at radius 1 is 1.33 bits per heavy atom. The quantitative estimate of drug-likeness (QED) is 0.537. The van der Waals surface area contributed by atoms with Crippen molar-refractivity contribution in [3.8, 4) is 0 Å². The molecule has 0 bridgehead atoms. The van der Waals surface area contributed by atoms with Gasteiger partial charge in [0.15, 0.2) is 0 Å². The number of nitrogens with one attached hydrogen (secondary N) is 1. The number of carbonyl (C=O) groups is 2. The van der Waals surface area contributed by atoms with Crippen molar-refractivity contribution in [3.63, 3.8) is 0 Å². The van der Waals surface area contributed by atoms with Crippen LogP contribution in [0.1, 0.15) is 20.8 Å². The summed E-state index contributed by atoms with van der Waals surface area (Å²) in [6.07, 6.45) is 0. The zero-order chi connectivity index (χ0) is 7.44. The van der Waals surface area contributed by atoms with Crippen molar-refractivity contribution in [1.29, 1.82) is 0 Å². The number of rotatable bonds is 2. The van der Waals surface area contributed by atoms with Crippen LogP contribution in [0.5, 0.6) is 0 Å². The number of hydrogen-bond acceptors (Lipinski definition) is 2. The highest BCUT2D eigenvalue weighted by Gasteiger charge is 2.06. The molecular formula is C6H11NO2. The molecule has 0 aliphatic carbocycles. The molecule has 0 rings (SSSR count). The third kappa shape index (κ3) is 3.70. The molecule has 0 atom stereocenters. The fourth-order valence-electron chi connectivity index (χ4n) is 0.364. The molecule has 3 nitrogen and oxygen atoms in total. The van der Waals surface area contributed by atoms with Crippen LogP contribution in [0.3, 0.4) is 0 Å². The van der Waals surface area contributed by atoms with Gasteiger partial charge in [0, 0.05) is 13.0 Å². The molecule has 0 aliphatic heterocycles. The summed E-state index contributed by atoms with van der Waals surface area (Å²) in [6.45, 7) is 4.86. The first-order valence-electron chi connectivity index (χ1n) is 2.85. The van der Waals surface area contributed by atoms with Gasteiger partial charge in [-0.2, -0.15) is 0 Å². The van der Waals surface area contributed by atoms with Gasteiger partial charge in [-0.1, -0.05) is 0 Å². The summed E-state index contributed by atoms with van der Waals surface area (Å²) in [7, 11) is 0. The van der Waals surface area contributed by atoms with Gasteiger partial charge in [-0.25, -0.2) is 0 Å².